The highest BCUT2D eigenvalue weighted by Crippen LogP contribution is 2.40. The first-order valence-corrected chi connectivity index (χ1v) is 13.5. The molecule has 2 atom stereocenters. The second-order valence-corrected chi connectivity index (χ2v) is 10.4. The zero-order chi connectivity index (χ0) is 28.9. The zero-order valence-corrected chi connectivity index (χ0v) is 22.7. The van der Waals surface area contributed by atoms with Gasteiger partial charge in [-0.15, -0.1) is 0 Å². The Hall–Kier alpha value is -3.15. The van der Waals surface area contributed by atoms with Gasteiger partial charge in [-0.05, 0) is 68.5 Å². The number of hydrogen-bond donors (Lipinski definition) is 3. The summed E-state index contributed by atoms with van der Waals surface area (Å²) < 4.78 is 50.1. The van der Waals surface area contributed by atoms with E-state index in [2.05, 4.69) is 15.5 Å². The Labute approximate surface area is 231 Å². The number of carbonyl (C=O) groups is 2. The summed E-state index contributed by atoms with van der Waals surface area (Å²) >= 11 is 0. The van der Waals surface area contributed by atoms with Crippen molar-refractivity contribution in [2.24, 2.45) is 0 Å². The van der Waals surface area contributed by atoms with Crippen LogP contribution in [0.1, 0.15) is 54.1 Å². The smallest absolute Gasteiger partial charge is 0.416 e. The Bertz CT molecular complexity index is 1180. The van der Waals surface area contributed by atoms with Gasteiger partial charge < -0.3 is 25.2 Å². The van der Waals surface area contributed by atoms with Crippen LogP contribution in [0.15, 0.2) is 48.5 Å². The van der Waals surface area contributed by atoms with E-state index in [0.717, 1.165) is 36.6 Å². The summed E-state index contributed by atoms with van der Waals surface area (Å²) in [6.45, 7) is 3.16. The molecular weight excluding hydrogens is 527 g/mol. The van der Waals surface area contributed by atoms with Gasteiger partial charge in [0.25, 0.3) is 5.91 Å². The summed E-state index contributed by atoms with van der Waals surface area (Å²) in [5.74, 6) is -0.508. The highest BCUT2D eigenvalue weighted by Gasteiger charge is 2.42. The minimum atomic E-state index is -4.57. The van der Waals surface area contributed by atoms with Gasteiger partial charge in [-0.3, -0.25) is 14.5 Å². The molecule has 218 valence electrons. The Morgan fingerprint density at radius 3 is 2.50 bits per heavy atom. The zero-order valence-electron chi connectivity index (χ0n) is 22.7. The fourth-order valence-electron chi connectivity index (χ4n) is 5.63. The molecule has 0 spiro atoms. The molecule has 8 nitrogen and oxygen atoms in total. The van der Waals surface area contributed by atoms with Crippen LogP contribution in [-0.2, 0) is 21.3 Å². The van der Waals surface area contributed by atoms with Crippen LogP contribution in [0.25, 0.3) is 0 Å². The molecule has 1 saturated heterocycles. The van der Waals surface area contributed by atoms with E-state index >= 15 is 0 Å². The van der Waals surface area contributed by atoms with Gasteiger partial charge in [-0.2, -0.15) is 13.2 Å². The lowest BCUT2D eigenvalue weighted by molar-refractivity contribution is -0.137. The molecule has 1 heterocycles. The summed E-state index contributed by atoms with van der Waals surface area (Å²) in [6, 6.07) is 11.5. The number of benzene rings is 2. The van der Waals surface area contributed by atoms with Gasteiger partial charge in [0.2, 0.25) is 5.91 Å². The number of nitrogens with zero attached hydrogens (tertiary/aromatic N) is 1. The van der Waals surface area contributed by atoms with Crippen LogP contribution in [0.5, 0.6) is 5.75 Å². The number of ether oxygens (including phenoxy) is 2. The van der Waals surface area contributed by atoms with E-state index in [-0.39, 0.29) is 30.3 Å². The third kappa shape index (κ3) is 7.13. The number of nitrogens with one attached hydrogen (secondary N) is 2. The highest BCUT2D eigenvalue weighted by atomic mass is 19.4. The molecular formula is C29H36F3N3O5. The molecule has 11 heteroatoms. The first-order valence-electron chi connectivity index (χ1n) is 13.5. The lowest BCUT2D eigenvalue weighted by Crippen LogP contribution is -2.48. The fourth-order valence-corrected chi connectivity index (χ4v) is 5.63. The van der Waals surface area contributed by atoms with Crippen LogP contribution in [0.4, 0.5) is 13.2 Å². The average Bonchev–Trinajstić information content (AvgIpc) is 3.33. The second-order valence-electron chi connectivity index (χ2n) is 10.4. The molecule has 0 unspecified atom stereocenters. The van der Waals surface area contributed by atoms with Crippen LogP contribution >= 0.6 is 0 Å². The molecule has 2 amide bonds. The van der Waals surface area contributed by atoms with E-state index in [1.54, 1.807) is 7.11 Å². The van der Waals surface area contributed by atoms with E-state index in [0.29, 0.717) is 38.3 Å². The van der Waals surface area contributed by atoms with Crippen LogP contribution in [-0.4, -0.2) is 73.4 Å². The fraction of sp³-hybridized carbons (Fsp3) is 0.517. The molecule has 0 bridgehead atoms. The average molecular weight is 564 g/mol. The van der Waals surface area contributed by atoms with Crippen molar-refractivity contribution >= 4 is 11.8 Å². The second kappa shape index (κ2) is 12.6. The van der Waals surface area contributed by atoms with E-state index in [9.17, 15) is 27.9 Å². The first kappa shape index (κ1) is 29.8. The Balaban J connectivity index is 1.30. The molecule has 2 aromatic rings. The van der Waals surface area contributed by atoms with E-state index in [1.165, 1.54) is 6.07 Å². The van der Waals surface area contributed by atoms with Crippen molar-refractivity contribution in [2.45, 2.75) is 62.6 Å². The van der Waals surface area contributed by atoms with Crippen molar-refractivity contribution in [2.75, 3.05) is 33.4 Å². The van der Waals surface area contributed by atoms with Gasteiger partial charge in [0, 0.05) is 31.3 Å². The molecule has 0 aromatic heterocycles. The van der Waals surface area contributed by atoms with E-state index < -0.39 is 29.2 Å². The molecule has 1 aliphatic heterocycles. The molecule has 2 aliphatic rings. The molecule has 0 radical (unpaired) electrons. The molecule has 40 heavy (non-hydrogen) atoms. The number of likely N-dealkylation sites (tertiary alicyclic amines) is 1. The predicted molar refractivity (Wildman–Crippen MR) is 142 cm³/mol. The molecule has 1 saturated carbocycles. The number of hydrogen-bond acceptors (Lipinski definition) is 6. The summed E-state index contributed by atoms with van der Waals surface area (Å²) in [5.41, 5.74) is -1.18. The van der Waals surface area contributed by atoms with Gasteiger partial charge >= 0.3 is 6.18 Å². The Kier molecular flexibility index (Phi) is 9.37. The van der Waals surface area contributed by atoms with Crippen molar-refractivity contribution in [1.29, 1.82) is 0 Å². The number of carbonyl (C=O) groups excluding carboxylic acids is 2. The van der Waals surface area contributed by atoms with Crippen molar-refractivity contribution in [1.82, 2.24) is 15.5 Å². The minimum Gasteiger partial charge on any atom is -0.497 e. The molecule has 2 aromatic carbocycles. The third-order valence-electron chi connectivity index (χ3n) is 7.79. The van der Waals surface area contributed by atoms with Crippen LogP contribution < -0.4 is 15.4 Å². The van der Waals surface area contributed by atoms with Crippen LogP contribution in [0.3, 0.4) is 0 Å². The van der Waals surface area contributed by atoms with Gasteiger partial charge in [0.15, 0.2) is 0 Å². The molecule has 2 fully saturated rings. The van der Waals surface area contributed by atoms with Crippen molar-refractivity contribution in [3.05, 3.63) is 65.2 Å². The Morgan fingerprint density at radius 1 is 1.10 bits per heavy atom. The highest BCUT2D eigenvalue weighted by molar-refractivity contribution is 5.96. The maximum Gasteiger partial charge on any atom is 0.416 e. The van der Waals surface area contributed by atoms with Crippen molar-refractivity contribution in [3.63, 3.8) is 0 Å². The maximum atomic E-state index is 13.0. The molecule has 4 rings (SSSR count). The lowest BCUT2D eigenvalue weighted by Gasteiger charge is -2.40. The summed E-state index contributed by atoms with van der Waals surface area (Å²) in [4.78, 5) is 27.3. The minimum absolute atomic E-state index is 0.173. The molecule has 3 N–H and O–H groups in total. The number of methoxy groups -OCH3 is 1. The number of alkyl halides is 3. The number of rotatable bonds is 9. The SMILES string of the molecule is CCO[C@@H]1CN(C2CCC(O)(c3cccc(OC)c3)CC2)C[C@@H]1NC(=O)CNC(=O)c1cccc(C(F)(F)F)c1. The topological polar surface area (TPSA) is 100 Å². The quantitative estimate of drug-likeness (QED) is 0.432. The van der Waals surface area contributed by atoms with E-state index in [1.807, 2.05) is 31.2 Å². The van der Waals surface area contributed by atoms with Gasteiger partial charge in [0.1, 0.15) is 5.75 Å². The standard InChI is InChI=1S/C29H36F3N3O5/c1-3-40-25-18-35(22-10-12-28(38,13-11-22)20-7-5-9-23(15-20)39-2)17-24(25)34-26(36)16-33-27(37)19-6-4-8-21(14-19)29(30,31)32/h4-9,14-15,22,24-25,38H,3,10-13,16-18H2,1-2H3,(H,33,37)(H,34,36)/t22?,24-,25+,28?/m0/s1. The normalized spacial score (nSPS) is 25.4. The van der Waals surface area contributed by atoms with E-state index in [4.69, 9.17) is 9.47 Å². The molecule has 1 aliphatic carbocycles. The number of aliphatic hydroxyl groups is 1. The number of amides is 2. The van der Waals surface area contributed by atoms with Gasteiger partial charge in [0.05, 0.1) is 37.0 Å². The third-order valence-corrected chi connectivity index (χ3v) is 7.79. The van der Waals surface area contributed by atoms with Crippen LogP contribution in [0.2, 0.25) is 0 Å². The number of halogens is 3. The lowest BCUT2D eigenvalue weighted by atomic mass is 9.77. The monoisotopic (exact) mass is 563 g/mol. The van der Waals surface area contributed by atoms with Crippen LogP contribution in [0, 0.1) is 0 Å². The van der Waals surface area contributed by atoms with Gasteiger partial charge in [-0.25, -0.2) is 0 Å². The largest absolute Gasteiger partial charge is 0.497 e. The predicted octanol–water partition coefficient (Wildman–Crippen LogP) is 3.48. The summed E-state index contributed by atoms with van der Waals surface area (Å²) in [5, 5.41) is 16.6. The Morgan fingerprint density at radius 2 is 1.82 bits per heavy atom. The van der Waals surface area contributed by atoms with Crippen molar-refractivity contribution in [3.8, 4) is 5.75 Å². The van der Waals surface area contributed by atoms with Gasteiger partial charge in [-0.1, -0.05) is 18.2 Å². The van der Waals surface area contributed by atoms with Crippen molar-refractivity contribution < 1.29 is 37.3 Å². The maximum absolute atomic E-state index is 13.0. The summed E-state index contributed by atoms with van der Waals surface area (Å²) in [7, 11) is 1.60. The summed E-state index contributed by atoms with van der Waals surface area (Å²) in [6.07, 6.45) is -2.06. The first-order chi connectivity index (χ1) is 19.0.